The monoisotopic (exact) mass is 415 g/mol. The lowest BCUT2D eigenvalue weighted by atomic mass is 9.98. The van der Waals surface area contributed by atoms with Crippen LogP contribution in [0.5, 0.6) is 0 Å². The average Bonchev–Trinajstić information content (AvgIpc) is 3.37. The van der Waals surface area contributed by atoms with E-state index in [2.05, 4.69) is 26.5 Å². The molecule has 1 aromatic heterocycles. The van der Waals surface area contributed by atoms with Gasteiger partial charge in [0.05, 0.1) is 11.1 Å². The molecular weight excluding hydrogens is 391 g/mol. The van der Waals surface area contributed by atoms with Crippen molar-refractivity contribution in [2.45, 2.75) is 51.4 Å². The van der Waals surface area contributed by atoms with Gasteiger partial charge in [0.2, 0.25) is 0 Å². The SMILES string of the molecule is CCC(C)(C)n1nnnc1[C@@H](c1cccc(C(F)(F)F)c1)N1CCc2ccccc21. The van der Waals surface area contributed by atoms with E-state index in [9.17, 15) is 13.2 Å². The smallest absolute Gasteiger partial charge is 0.357 e. The normalized spacial score (nSPS) is 15.3. The molecule has 158 valence electrons. The third-order valence-electron chi connectivity index (χ3n) is 5.94. The molecule has 0 unspecified atom stereocenters. The maximum atomic E-state index is 13.5. The number of tetrazole rings is 1. The quantitative estimate of drug-likeness (QED) is 0.589. The lowest BCUT2D eigenvalue weighted by Gasteiger charge is -2.33. The number of benzene rings is 2. The van der Waals surface area contributed by atoms with Crippen LogP contribution in [0.15, 0.2) is 48.5 Å². The summed E-state index contributed by atoms with van der Waals surface area (Å²) in [5.74, 6) is 0.540. The van der Waals surface area contributed by atoms with Crippen molar-refractivity contribution >= 4 is 5.69 Å². The first kappa shape index (κ1) is 20.4. The van der Waals surface area contributed by atoms with Gasteiger partial charge in [0.15, 0.2) is 5.82 Å². The van der Waals surface area contributed by atoms with E-state index in [0.29, 0.717) is 17.9 Å². The van der Waals surface area contributed by atoms with Crippen molar-refractivity contribution in [3.05, 3.63) is 71.0 Å². The largest absolute Gasteiger partial charge is 0.416 e. The number of fused-ring (bicyclic) bond motifs is 1. The Bertz CT molecular complexity index is 1040. The first-order valence-corrected chi connectivity index (χ1v) is 10.0. The van der Waals surface area contributed by atoms with Gasteiger partial charge in [-0.3, -0.25) is 0 Å². The highest BCUT2D eigenvalue weighted by Crippen LogP contribution is 2.40. The Kier molecular flexibility index (Phi) is 5.03. The van der Waals surface area contributed by atoms with Crippen molar-refractivity contribution in [1.29, 1.82) is 0 Å². The molecule has 0 radical (unpaired) electrons. The Morgan fingerprint density at radius 1 is 1.07 bits per heavy atom. The summed E-state index contributed by atoms with van der Waals surface area (Å²) in [6.07, 6.45) is -2.82. The van der Waals surface area contributed by atoms with Gasteiger partial charge >= 0.3 is 6.18 Å². The third kappa shape index (κ3) is 3.55. The number of anilines is 1. The summed E-state index contributed by atoms with van der Waals surface area (Å²) in [5, 5.41) is 12.4. The molecule has 3 aromatic rings. The molecule has 0 N–H and O–H groups in total. The molecule has 0 saturated heterocycles. The highest BCUT2D eigenvalue weighted by atomic mass is 19.4. The van der Waals surface area contributed by atoms with E-state index in [0.717, 1.165) is 24.6 Å². The predicted molar refractivity (Wildman–Crippen MR) is 108 cm³/mol. The van der Waals surface area contributed by atoms with Gasteiger partial charge in [0.1, 0.15) is 6.04 Å². The topological polar surface area (TPSA) is 46.8 Å². The number of aromatic nitrogens is 4. The van der Waals surface area contributed by atoms with Gasteiger partial charge < -0.3 is 4.90 Å². The molecule has 0 saturated carbocycles. The highest BCUT2D eigenvalue weighted by molar-refractivity contribution is 5.60. The van der Waals surface area contributed by atoms with Gasteiger partial charge in [-0.05, 0) is 66.4 Å². The molecule has 0 spiro atoms. The van der Waals surface area contributed by atoms with Crippen molar-refractivity contribution in [2.24, 2.45) is 0 Å². The summed E-state index contributed by atoms with van der Waals surface area (Å²) in [6, 6.07) is 12.9. The van der Waals surface area contributed by atoms with E-state index in [1.165, 1.54) is 17.7 Å². The molecule has 8 heteroatoms. The predicted octanol–water partition coefficient (Wildman–Crippen LogP) is 4.99. The molecule has 1 atom stereocenters. The molecule has 5 nitrogen and oxygen atoms in total. The first-order chi connectivity index (χ1) is 14.2. The van der Waals surface area contributed by atoms with Gasteiger partial charge in [0, 0.05) is 12.2 Å². The second-order valence-electron chi connectivity index (χ2n) is 8.21. The third-order valence-corrected chi connectivity index (χ3v) is 5.94. The fraction of sp³-hybridized carbons (Fsp3) is 0.409. The summed E-state index contributed by atoms with van der Waals surface area (Å²) in [5.41, 5.74) is 1.64. The Hall–Kier alpha value is -2.90. The van der Waals surface area contributed by atoms with Crippen LogP contribution in [0.1, 0.15) is 55.7 Å². The molecule has 1 aliphatic heterocycles. The summed E-state index contributed by atoms with van der Waals surface area (Å²) < 4.78 is 42.1. The minimum absolute atomic E-state index is 0.377. The first-order valence-electron chi connectivity index (χ1n) is 10.0. The maximum Gasteiger partial charge on any atom is 0.416 e. The van der Waals surface area contributed by atoms with Crippen LogP contribution in [0.25, 0.3) is 0 Å². The molecular formula is C22H24F3N5. The Balaban J connectivity index is 1.90. The zero-order valence-corrected chi connectivity index (χ0v) is 17.2. The van der Waals surface area contributed by atoms with Gasteiger partial charge in [-0.1, -0.05) is 37.3 Å². The van der Waals surface area contributed by atoms with E-state index in [4.69, 9.17) is 0 Å². The van der Waals surface area contributed by atoms with Crippen LogP contribution >= 0.6 is 0 Å². The molecule has 1 aliphatic rings. The number of nitrogens with zero attached hydrogens (tertiary/aromatic N) is 5. The zero-order chi connectivity index (χ0) is 21.5. The minimum Gasteiger partial charge on any atom is -0.357 e. The molecule has 2 aromatic carbocycles. The second-order valence-corrected chi connectivity index (χ2v) is 8.21. The maximum absolute atomic E-state index is 13.5. The lowest BCUT2D eigenvalue weighted by molar-refractivity contribution is -0.137. The summed E-state index contributed by atoms with van der Waals surface area (Å²) in [4.78, 5) is 2.11. The Morgan fingerprint density at radius 3 is 2.57 bits per heavy atom. The van der Waals surface area contributed by atoms with E-state index < -0.39 is 17.8 Å². The van der Waals surface area contributed by atoms with Crippen LogP contribution in [0.3, 0.4) is 0 Å². The number of rotatable bonds is 5. The van der Waals surface area contributed by atoms with Crippen LogP contribution in [0.4, 0.5) is 18.9 Å². The van der Waals surface area contributed by atoms with Gasteiger partial charge in [-0.2, -0.15) is 13.2 Å². The van der Waals surface area contributed by atoms with Crippen LogP contribution in [0.2, 0.25) is 0 Å². The van der Waals surface area contributed by atoms with Gasteiger partial charge in [-0.25, -0.2) is 4.68 Å². The number of alkyl halides is 3. The van der Waals surface area contributed by atoms with E-state index >= 15 is 0 Å². The van der Waals surface area contributed by atoms with E-state index in [-0.39, 0.29) is 5.54 Å². The highest BCUT2D eigenvalue weighted by Gasteiger charge is 2.37. The molecule has 4 rings (SSSR count). The van der Waals surface area contributed by atoms with Crippen molar-refractivity contribution in [3.63, 3.8) is 0 Å². The second kappa shape index (κ2) is 7.41. The van der Waals surface area contributed by atoms with Crippen molar-refractivity contribution in [2.75, 3.05) is 11.4 Å². The number of halogens is 3. The number of para-hydroxylation sites is 1. The van der Waals surface area contributed by atoms with Crippen molar-refractivity contribution < 1.29 is 13.2 Å². The van der Waals surface area contributed by atoms with Crippen LogP contribution in [0, 0.1) is 0 Å². The number of hydrogen-bond donors (Lipinski definition) is 0. The molecule has 0 fully saturated rings. The van der Waals surface area contributed by atoms with Crippen LogP contribution in [-0.2, 0) is 18.1 Å². The van der Waals surface area contributed by atoms with Crippen LogP contribution < -0.4 is 4.90 Å². The minimum atomic E-state index is -4.42. The Labute approximate surface area is 173 Å². The Morgan fingerprint density at radius 2 is 1.83 bits per heavy atom. The summed E-state index contributed by atoms with van der Waals surface area (Å²) in [7, 11) is 0. The standard InChI is InChI=1S/C22H24F3N5/c1-4-21(2,3)30-20(26-27-28-30)19(16-9-7-10-17(14-16)22(23,24)25)29-13-12-15-8-5-6-11-18(15)29/h5-11,14,19H,4,12-13H2,1-3H3/t19-/m1/s1. The fourth-order valence-electron chi connectivity index (χ4n) is 3.93. The summed E-state index contributed by atoms with van der Waals surface area (Å²) in [6.45, 7) is 6.76. The zero-order valence-electron chi connectivity index (χ0n) is 17.2. The van der Waals surface area contributed by atoms with Gasteiger partial charge in [0.25, 0.3) is 0 Å². The van der Waals surface area contributed by atoms with Crippen LogP contribution in [-0.4, -0.2) is 26.8 Å². The van der Waals surface area contributed by atoms with Gasteiger partial charge in [-0.15, -0.1) is 5.10 Å². The molecule has 0 aliphatic carbocycles. The molecule has 2 heterocycles. The molecule has 0 bridgehead atoms. The fourth-order valence-corrected chi connectivity index (χ4v) is 3.93. The van der Waals surface area contributed by atoms with Crippen molar-refractivity contribution in [3.8, 4) is 0 Å². The number of hydrogen-bond acceptors (Lipinski definition) is 4. The lowest BCUT2D eigenvalue weighted by Crippen LogP contribution is -2.35. The van der Waals surface area contributed by atoms with Crippen molar-refractivity contribution in [1.82, 2.24) is 20.2 Å². The molecule has 30 heavy (non-hydrogen) atoms. The van der Waals surface area contributed by atoms with E-state index in [1.54, 1.807) is 10.7 Å². The summed E-state index contributed by atoms with van der Waals surface area (Å²) >= 11 is 0. The van der Waals surface area contributed by atoms with E-state index in [1.807, 2.05) is 39.0 Å². The molecule has 0 amide bonds. The average molecular weight is 415 g/mol.